The van der Waals surface area contributed by atoms with Gasteiger partial charge < -0.3 is 19.9 Å². The highest BCUT2D eigenvalue weighted by Gasteiger charge is 2.24. The number of ether oxygens (including phenoxy) is 1. The van der Waals surface area contributed by atoms with E-state index in [0.29, 0.717) is 31.0 Å². The lowest BCUT2D eigenvalue weighted by molar-refractivity contribution is -0.00539. The minimum atomic E-state index is -0.337. The monoisotopic (exact) mass is 399 g/mol. The lowest BCUT2D eigenvalue weighted by Crippen LogP contribution is -2.45. The molecule has 1 aliphatic rings. The molecule has 3 rings (SSSR count). The second-order valence-electron chi connectivity index (χ2n) is 7.77. The lowest BCUT2D eigenvalue weighted by Gasteiger charge is -2.37. The smallest absolute Gasteiger partial charge is 0.321 e. The maximum Gasteiger partial charge on any atom is 0.321 e. The number of urea groups is 1. The fraction of sp³-hybridized carbons (Fsp3) is 0.435. The summed E-state index contributed by atoms with van der Waals surface area (Å²) in [6, 6.07) is 14.8. The number of halogens is 1. The van der Waals surface area contributed by atoms with E-state index in [1.807, 2.05) is 36.9 Å². The first-order valence-electron chi connectivity index (χ1n) is 10.2. The number of amides is 2. The molecule has 5 nitrogen and oxygen atoms in total. The van der Waals surface area contributed by atoms with Crippen molar-refractivity contribution < 1.29 is 13.9 Å². The summed E-state index contributed by atoms with van der Waals surface area (Å²) in [4.78, 5) is 16.0. The van der Waals surface area contributed by atoms with Crippen LogP contribution in [0.5, 0.6) is 0 Å². The van der Waals surface area contributed by atoms with E-state index in [4.69, 9.17) is 4.74 Å². The van der Waals surface area contributed by atoms with E-state index in [9.17, 15) is 9.18 Å². The van der Waals surface area contributed by atoms with Crippen LogP contribution in [0.4, 0.5) is 20.6 Å². The van der Waals surface area contributed by atoms with E-state index in [-0.39, 0.29) is 24.1 Å². The molecule has 1 heterocycles. The second-order valence-corrected chi connectivity index (χ2v) is 7.77. The minimum absolute atomic E-state index is 0.0575. The largest absolute Gasteiger partial charge is 0.372 e. The van der Waals surface area contributed by atoms with Gasteiger partial charge >= 0.3 is 6.03 Å². The third-order valence-electron chi connectivity index (χ3n) is 5.11. The molecule has 2 unspecified atom stereocenters. The molecular formula is C23H30FN3O2. The Morgan fingerprint density at radius 2 is 1.86 bits per heavy atom. The van der Waals surface area contributed by atoms with Gasteiger partial charge in [-0.25, -0.2) is 9.18 Å². The first-order valence-corrected chi connectivity index (χ1v) is 10.2. The molecule has 1 saturated heterocycles. The zero-order chi connectivity index (χ0) is 20.8. The Kier molecular flexibility index (Phi) is 7.09. The van der Waals surface area contributed by atoms with Crippen molar-refractivity contribution in [3.05, 3.63) is 59.9 Å². The highest BCUT2D eigenvalue weighted by molar-refractivity contribution is 5.89. The first-order chi connectivity index (χ1) is 13.9. The molecule has 2 amide bonds. The number of hydrogen-bond acceptors (Lipinski definition) is 3. The molecule has 1 N–H and O–H groups in total. The van der Waals surface area contributed by atoms with Gasteiger partial charge in [0.15, 0.2) is 0 Å². The average molecular weight is 400 g/mol. The molecular weight excluding hydrogens is 369 g/mol. The van der Waals surface area contributed by atoms with E-state index in [1.165, 1.54) is 11.6 Å². The maximum absolute atomic E-state index is 14.7. The first kappa shape index (κ1) is 21.1. The Labute approximate surface area is 172 Å². The number of aryl methyl sites for hydroxylation is 1. The van der Waals surface area contributed by atoms with Gasteiger partial charge in [0, 0.05) is 32.4 Å². The molecule has 2 aromatic rings. The zero-order valence-corrected chi connectivity index (χ0v) is 17.4. The topological polar surface area (TPSA) is 44.8 Å². The van der Waals surface area contributed by atoms with Gasteiger partial charge in [-0.1, -0.05) is 30.3 Å². The number of benzene rings is 2. The molecule has 6 heteroatoms. The Balaban J connectivity index is 1.52. The van der Waals surface area contributed by atoms with Crippen LogP contribution >= 0.6 is 0 Å². The molecule has 0 radical (unpaired) electrons. The lowest BCUT2D eigenvalue weighted by atomic mass is 10.1. The van der Waals surface area contributed by atoms with Gasteiger partial charge in [0.1, 0.15) is 5.82 Å². The van der Waals surface area contributed by atoms with Crippen molar-refractivity contribution in [1.29, 1.82) is 0 Å². The summed E-state index contributed by atoms with van der Waals surface area (Å²) < 4.78 is 20.4. The molecule has 0 aromatic heterocycles. The molecule has 2 aromatic carbocycles. The van der Waals surface area contributed by atoms with Gasteiger partial charge in [0.25, 0.3) is 0 Å². The fourth-order valence-electron chi connectivity index (χ4n) is 3.70. The quantitative estimate of drug-likeness (QED) is 0.776. The summed E-state index contributed by atoms with van der Waals surface area (Å²) in [7, 11) is 1.75. The summed E-state index contributed by atoms with van der Waals surface area (Å²) >= 11 is 0. The van der Waals surface area contributed by atoms with Crippen LogP contribution in [0.2, 0.25) is 0 Å². The van der Waals surface area contributed by atoms with Crippen molar-refractivity contribution in [2.75, 3.05) is 36.9 Å². The van der Waals surface area contributed by atoms with Crippen molar-refractivity contribution in [1.82, 2.24) is 4.90 Å². The Morgan fingerprint density at radius 3 is 2.52 bits per heavy atom. The van der Waals surface area contributed by atoms with Gasteiger partial charge in [-0.2, -0.15) is 0 Å². The van der Waals surface area contributed by atoms with Crippen molar-refractivity contribution >= 4 is 17.4 Å². The third kappa shape index (κ3) is 5.94. The molecule has 156 valence electrons. The van der Waals surface area contributed by atoms with Crippen LogP contribution in [0.25, 0.3) is 0 Å². The summed E-state index contributed by atoms with van der Waals surface area (Å²) in [5, 5.41) is 2.78. The Bertz CT molecular complexity index is 805. The van der Waals surface area contributed by atoms with Gasteiger partial charge in [-0.05, 0) is 50.5 Å². The normalized spacial score (nSPS) is 19.1. The number of rotatable bonds is 6. The standard InChI is InChI=1S/C23H30FN3O2/c1-17-15-27(16-18(2)29-17)22-12-11-20(14-21(22)24)25-23(28)26(3)13-7-10-19-8-5-4-6-9-19/h4-6,8-9,11-12,14,17-18H,7,10,13,15-16H2,1-3H3,(H,25,28). The molecule has 0 saturated carbocycles. The van der Waals surface area contributed by atoms with Crippen LogP contribution < -0.4 is 10.2 Å². The number of nitrogens with one attached hydrogen (secondary N) is 1. The summed E-state index contributed by atoms with van der Waals surface area (Å²) in [6.45, 7) is 5.91. The number of anilines is 2. The summed E-state index contributed by atoms with van der Waals surface area (Å²) in [5.74, 6) is -0.337. The molecule has 2 atom stereocenters. The van der Waals surface area contributed by atoms with Crippen molar-refractivity contribution in [3.8, 4) is 0 Å². The van der Waals surface area contributed by atoms with Crippen LogP contribution in [0.3, 0.4) is 0 Å². The molecule has 0 bridgehead atoms. The predicted octanol–water partition coefficient (Wildman–Crippen LogP) is 4.54. The third-order valence-corrected chi connectivity index (χ3v) is 5.11. The Morgan fingerprint density at radius 1 is 1.17 bits per heavy atom. The number of carbonyl (C=O) groups excluding carboxylic acids is 1. The van der Waals surface area contributed by atoms with Crippen LogP contribution in [0.15, 0.2) is 48.5 Å². The highest BCUT2D eigenvalue weighted by atomic mass is 19.1. The van der Waals surface area contributed by atoms with E-state index >= 15 is 0 Å². The molecule has 29 heavy (non-hydrogen) atoms. The van der Waals surface area contributed by atoms with Gasteiger partial charge in [-0.15, -0.1) is 0 Å². The number of carbonyl (C=O) groups is 1. The van der Waals surface area contributed by atoms with Crippen molar-refractivity contribution in [2.45, 2.75) is 38.9 Å². The number of morpholine rings is 1. The van der Waals surface area contributed by atoms with Crippen LogP contribution in [0, 0.1) is 5.82 Å². The minimum Gasteiger partial charge on any atom is -0.372 e. The van der Waals surface area contributed by atoms with Crippen molar-refractivity contribution in [3.63, 3.8) is 0 Å². The summed E-state index contributed by atoms with van der Waals surface area (Å²) in [6.07, 6.45) is 1.90. The van der Waals surface area contributed by atoms with Gasteiger partial charge in [0.2, 0.25) is 0 Å². The van der Waals surface area contributed by atoms with Crippen LogP contribution in [-0.4, -0.2) is 49.8 Å². The molecule has 1 aliphatic heterocycles. The SMILES string of the molecule is CC1CN(c2ccc(NC(=O)N(C)CCCc3ccccc3)cc2F)CC(C)O1. The van der Waals surface area contributed by atoms with E-state index in [1.54, 1.807) is 24.1 Å². The number of hydrogen-bond donors (Lipinski definition) is 1. The Hall–Kier alpha value is -2.60. The van der Waals surface area contributed by atoms with Gasteiger partial charge in [-0.3, -0.25) is 0 Å². The molecule has 1 fully saturated rings. The molecule has 0 aliphatic carbocycles. The van der Waals surface area contributed by atoms with Crippen LogP contribution in [0.1, 0.15) is 25.8 Å². The van der Waals surface area contributed by atoms with E-state index in [2.05, 4.69) is 17.4 Å². The maximum atomic E-state index is 14.7. The van der Waals surface area contributed by atoms with E-state index in [0.717, 1.165) is 12.8 Å². The highest BCUT2D eigenvalue weighted by Crippen LogP contribution is 2.26. The van der Waals surface area contributed by atoms with Crippen molar-refractivity contribution in [2.24, 2.45) is 0 Å². The predicted molar refractivity (Wildman–Crippen MR) is 115 cm³/mol. The number of nitrogens with zero attached hydrogens (tertiary/aromatic N) is 2. The van der Waals surface area contributed by atoms with Gasteiger partial charge in [0.05, 0.1) is 17.9 Å². The zero-order valence-electron chi connectivity index (χ0n) is 17.4. The summed E-state index contributed by atoms with van der Waals surface area (Å²) in [5.41, 5.74) is 2.26. The van der Waals surface area contributed by atoms with E-state index < -0.39 is 0 Å². The average Bonchev–Trinajstić information content (AvgIpc) is 2.68. The molecule has 0 spiro atoms. The fourth-order valence-corrected chi connectivity index (χ4v) is 3.70. The van der Waals surface area contributed by atoms with Crippen LogP contribution in [-0.2, 0) is 11.2 Å². The second kappa shape index (κ2) is 9.74.